The van der Waals surface area contributed by atoms with E-state index in [0.29, 0.717) is 6.42 Å². The highest BCUT2D eigenvalue weighted by Gasteiger charge is 2.19. The van der Waals surface area contributed by atoms with E-state index >= 15 is 0 Å². The molecular formula is C23H24O5. The second-order valence-electron chi connectivity index (χ2n) is 7.32. The summed E-state index contributed by atoms with van der Waals surface area (Å²) in [6.07, 6.45) is 5.42. The van der Waals surface area contributed by atoms with Crippen LogP contribution in [0.3, 0.4) is 0 Å². The average Bonchev–Trinajstić information content (AvgIpc) is 2.70. The van der Waals surface area contributed by atoms with Crippen LogP contribution in [0.5, 0.6) is 0 Å². The lowest BCUT2D eigenvalue weighted by Crippen LogP contribution is -2.31. The molecule has 3 rings (SSSR count). The van der Waals surface area contributed by atoms with E-state index in [9.17, 15) is 24.3 Å². The maximum absolute atomic E-state index is 12.9. The van der Waals surface area contributed by atoms with E-state index in [4.69, 9.17) is 0 Å². The van der Waals surface area contributed by atoms with Crippen molar-refractivity contribution >= 4 is 10.8 Å². The van der Waals surface area contributed by atoms with E-state index in [2.05, 4.69) is 6.92 Å². The molecule has 1 atom stereocenters. The molecule has 1 aromatic rings. The van der Waals surface area contributed by atoms with Gasteiger partial charge in [0, 0.05) is 16.3 Å². The quantitative estimate of drug-likeness (QED) is 0.607. The third-order valence-corrected chi connectivity index (χ3v) is 5.33. The predicted molar refractivity (Wildman–Crippen MR) is 110 cm³/mol. The SMILES string of the molecule is CCCCCCCCC(O)c1cc(=O)c2c(=O)c3ccccc3c(=O)c=2c1=O. The summed E-state index contributed by atoms with van der Waals surface area (Å²) < 4.78 is 0. The summed E-state index contributed by atoms with van der Waals surface area (Å²) in [4.78, 5) is 50.8. The van der Waals surface area contributed by atoms with Gasteiger partial charge in [0.1, 0.15) is 0 Å². The highest BCUT2D eigenvalue weighted by Crippen LogP contribution is 2.17. The minimum atomic E-state index is -1.11. The molecule has 1 aromatic carbocycles. The first-order valence-electron chi connectivity index (χ1n) is 9.88. The molecule has 0 radical (unpaired) electrons. The molecule has 1 N–H and O–H groups in total. The van der Waals surface area contributed by atoms with E-state index in [1.165, 1.54) is 18.6 Å². The van der Waals surface area contributed by atoms with E-state index in [1.54, 1.807) is 12.1 Å². The number of unbranched alkanes of at least 4 members (excludes halogenated alkanes) is 5. The summed E-state index contributed by atoms with van der Waals surface area (Å²) in [5.74, 6) is 0. The molecule has 5 nitrogen and oxygen atoms in total. The lowest BCUT2D eigenvalue weighted by atomic mass is 9.97. The average molecular weight is 380 g/mol. The van der Waals surface area contributed by atoms with Gasteiger partial charge in [0.2, 0.25) is 0 Å². The third kappa shape index (κ3) is 3.67. The molecule has 146 valence electrons. The molecule has 5 heteroatoms. The Morgan fingerprint density at radius 1 is 0.786 bits per heavy atom. The topological polar surface area (TPSA) is 88.5 Å². The van der Waals surface area contributed by atoms with Crippen molar-refractivity contribution in [3.63, 3.8) is 0 Å². The van der Waals surface area contributed by atoms with Crippen LogP contribution in [0.25, 0.3) is 10.8 Å². The van der Waals surface area contributed by atoms with Gasteiger partial charge < -0.3 is 5.11 Å². The molecule has 1 unspecified atom stereocenters. The van der Waals surface area contributed by atoms with Gasteiger partial charge in [-0.1, -0.05) is 69.7 Å². The monoisotopic (exact) mass is 380 g/mol. The van der Waals surface area contributed by atoms with Crippen molar-refractivity contribution in [1.82, 2.24) is 0 Å². The van der Waals surface area contributed by atoms with Crippen molar-refractivity contribution in [1.29, 1.82) is 0 Å². The minimum Gasteiger partial charge on any atom is -0.388 e. The molecule has 0 heterocycles. The van der Waals surface area contributed by atoms with Gasteiger partial charge in [-0.15, -0.1) is 0 Å². The first kappa shape index (κ1) is 20.1. The summed E-state index contributed by atoms with van der Waals surface area (Å²) in [7, 11) is 0. The number of benzene rings is 1. The zero-order valence-corrected chi connectivity index (χ0v) is 16.0. The van der Waals surface area contributed by atoms with Crippen molar-refractivity contribution < 1.29 is 5.11 Å². The van der Waals surface area contributed by atoms with E-state index in [0.717, 1.165) is 38.2 Å². The van der Waals surface area contributed by atoms with Crippen LogP contribution in [-0.2, 0) is 0 Å². The number of fused-ring (bicyclic) bond motifs is 1. The van der Waals surface area contributed by atoms with E-state index < -0.39 is 33.0 Å². The minimum absolute atomic E-state index is 0.0853. The lowest BCUT2D eigenvalue weighted by molar-refractivity contribution is 0.162. The summed E-state index contributed by atoms with van der Waals surface area (Å²) in [5, 5.41) is 9.94. The highest BCUT2D eigenvalue weighted by molar-refractivity contribution is 5.82. The number of rotatable bonds is 8. The van der Waals surface area contributed by atoms with Crippen LogP contribution in [0.15, 0.2) is 49.5 Å². The summed E-state index contributed by atoms with van der Waals surface area (Å²) in [5.41, 5.74) is -2.71. The van der Waals surface area contributed by atoms with Crippen LogP contribution < -0.4 is 21.7 Å². The maximum Gasteiger partial charge on any atom is 0.198 e. The van der Waals surface area contributed by atoms with Crippen LogP contribution in [0.1, 0.15) is 63.5 Å². The predicted octanol–water partition coefficient (Wildman–Crippen LogP) is 2.66. The Bertz CT molecular complexity index is 1250. The van der Waals surface area contributed by atoms with Gasteiger partial charge in [0.15, 0.2) is 21.7 Å². The Morgan fingerprint density at radius 3 is 2.00 bits per heavy atom. The standard InChI is InChI=1S/C23H24O5/c1-2-3-4-5-6-7-12-17(24)16-13-18(25)19-20(23(16)28)22(27)15-11-9-8-10-14(15)21(19)26/h8-11,13,17,24H,2-7,12H2,1H3. The summed E-state index contributed by atoms with van der Waals surface area (Å²) in [6, 6.07) is 7.19. The van der Waals surface area contributed by atoms with Crippen molar-refractivity contribution in [2.45, 2.75) is 58.0 Å². The molecule has 0 amide bonds. The summed E-state index contributed by atoms with van der Waals surface area (Å²) >= 11 is 0. The number of hydrogen-bond donors (Lipinski definition) is 1. The second kappa shape index (κ2) is 8.57. The zero-order valence-electron chi connectivity index (χ0n) is 16.0. The Hall–Kier alpha value is -2.66. The van der Waals surface area contributed by atoms with Crippen LogP contribution in [-0.4, -0.2) is 5.11 Å². The lowest BCUT2D eigenvalue weighted by Gasteiger charge is -2.10. The Balaban J connectivity index is 2.04. The molecule has 28 heavy (non-hydrogen) atoms. The molecule has 0 aromatic heterocycles. The van der Waals surface area contributed by atoms with Gasteiger partial charge in [0.25, 0.3) is 0 Å². The first-order valence-corrected chi connectivity index (χ1v) is 9.88. The van der Waals surface area contributed by atoms with Gasteiger partial charge in [0.05, 0.1) is 16.5 Å². The van der Waals surface area contributed by atoms with Crippen molar-refractivity contribution in [3.8, 4) is 0 Å². The van der Waals surface area contributed by atoms with Crippen molar-refractivity contribution in [2.24, 2.45) is 0 Å². The fourth-order valence-corrected chi connectivity index (χ4v) is 3.77. The zero-order chi connectivity index (χ0) is 20.3. The molecule has 2 aliphatic carbocycles. The van der Waals surface area contributed by atoms with E-state index in [1.807, 2.05) is 0 Å². The molecule has 0 spiro atoms. The summed E-state index contributed by atoms with van der Waals surface area (Å²) in [6.45, 7) is 2.14. The van der Waals surface area contributed by atoms with Crippen molar-refractivity contribution in [2.75, 3.05) is 0 Å². The van der Waals surface area contributed by atoms with Gasteiger partial charge in [-0.05, 0) is 12.5 Å². The van der Waals surface area contributed by atoms with Gasteiger partial charge in [-0.25, -0.2) is 0 Å². The van der Waals surface area contributed by atoms with Gasteiger partial charge in [-0.2, -0.15) is 0 Å². The van der Waals surface area contributed by atoms with Gasteiger partial charge in [-0.3, -0.25) is 19.2 Å². The molecule has 0 fully saturated rings. The molecule has 0 saturated heterocycles. The highest BCUT2D eigenvalue weighted by atomic mass is 16.3. The number of aliphatic hydroxyl groups is 1. The van der Waals surface area contributed by atoms with Crippen molar-refractivity contribution in [3.05, 3.63) is 87.2 Å². The molecule has 0 aliphatic heterocycles. The number of aliphatic hydroxyl groups excluding tert-OH is 1. The fraction of sp³-hybridized carbons (Fsp3) is 0.391. The van der Waals surface area contributed by atoms with Gasteiger partial charge >= 0.3 is 0 Å². The smallest absolute Gasteiger partial charge is 0.198 e. The van der Waals surface area contributed by atoms with Crippen LogP contribution >= 0.6 is 0 Å². The Morgan fingerprint density at radius 2 is 1.36 bits per heavy atom. The second-order valence-corrected chi connectivity index (χ2v) is 7.32. The molecule has 2 aliphatic rings. The number of hydrogen-bond acceptors (Lipinski definition) is 5. The maximum atomic E-state index is 12.9. The molecular weight excluding hydrogens is 356 g/mol. The fourth-order valence-electron chi connectivity index (χ4n) is 3.77. The van der Waals surface area contributed by atoms with Crippen LogP contribution in [0, 0.1) is 10.4 Å². The normalized spacial score (nSPS) is 12.6. The first-order chi connectivity index (χ1) is 13.5. The van der Waals surface area contributed by atoms with Crippen LogP contribution in [0.2, 0.25) is 0 Å². The molecule has 0 bridgehead atoms. The Kier molecular flexibility index (Phi) is 6.15. The van der Waals surface area contributed by atoms with Crippen LogP contribution in [0.4, 0.5) is 0 Å². The Labute approximate surface area is 161 Å². The van der Waals surface area contributed by atoms with E-state index in [-0.39, 0.29) is 21.6 Å². The largest absolute Gasteiger partial charge is 0.388 e. The molecule has 0 saturated carbocycles. The third-order valence-electron chi connectivity index (χ3n) is 5.33.